The highest BCUT2D eigenvalue weighted by Crippen LogP contribution is 2.37. The van der Waals surface area contributed by atoms with Crippen LogP contribution in [-0.4, -0.2) is 290 Å². The molecule has 0 amide bonds. The summed E-state index contributed by atoms with van der Waals surface area (Å²) in [6, 6.07) is 0. The van der Waals surface area contributed by atoms with Crippen LogP contribution in [0.1, 0.15) is 20.8 Å². The van der Waals surface area contributed by atoms with Crippen molar-refractivity contribution in [1.29, 1.82) is 0 Å². The number of hydrogen-bond donors (Lipinski definition) is 17. The highest BCUT2D eigenvalue weighted by Gasteiger charge is 2.57. The maximum Gasteiger partial charge on any atom is 0.335 e. The summed E-state index contributed by atoms with van der Waals surface area (Å²) < 4.78 is 61.9. The molecule has 65 heavy (non-hydrogen) atoms. The summed E-state index contributed by atoms with van der Waals surface area (Å²) >= 11 is 0. The molecule has 6 fully saturated rings. The molecule has 0 spiro atoms. The van der Waals surface area contributed by atoms with Crippen LogP contribution in [0.3, 0.4) is 0 Å². The minimum Gasteiger partial charge on any atom is -0.479 e. The van der Waals surface area contributed by atoms with E-state index in [0.717, 1.165) is 0 Å². The van der Waals surface area contributed by atoms with Gasteiger partial charge in [0.15, 0.2) is 43.8 Å². The Morgan fingerprint density at radius 3 is 1.46 bits per heavy atom. The Balaban J connectivity index is 1.26. The van der Waals surface area contributed by atoms with Crippen LogP contribution in [0.4, 0.5) is 0 Å². The molecule has 30 atom stereocenters. The SMILES string of the molecule is C[C@@H]1O[C@H](O[C@H]2[C@H](O)[C@@H](O)[C@H](O[C@@H]3[C@@H](O)[C@H](C)O[C@@H](O[C@@H]4[C@@H](O)[C@H](C)O[C@@H](O)[C@@H]4O)[C@@H]3O[C@H]3O[C@H](CO[C@H]4O[C@H](C(=O)O)[C@@H](O)[C@H](O)[C@H]4O)[C@@H](O)[C@H](O)[C@H]3O)O[C@@H]2CO)[C@H](O)[C@H](O)[C@H]1O. The molecule has 0 bridgehead atoms. The van der Waals surface area contributed by atoms with Crippen molar-refractivity contribution >= 4 is 5.97 Å². The van der Waals surface area contributed by atoms with Gasteiger partial charge in [-0.2, -0.15) is 0 Å². The number of aliphatic hydroxyl groups excluding tert-OH is 16. The zero-order valence-electron chi connectivity index (χ0n) is 34.7. The van der Waals surface area contributed by atoms with Gasteiger partial charge in [-0.25, -0.2) is 4.79 Å². The quantitative estimate of drug-likeness (QED) is 0.0815. The molecule has 0 unspecified atom stereocenters. The second kappa shape index (κ2) is 21.6. The molecule has 29 nitrogen and oxygen atoms in total. The van der Waals surface area contributed by atoms with Crippen LogP contribution in [0.25, 0.3) is 0 Å². The molecule has 0 radical (unpaired) electrons. The predicted octanol–water partition coefficient (Wildman–Crippen LogP) is -10.9. The van der Waals surface area contributed by atoms with E-state index in [1.807, 2.05) is 0 Å². The van der Waals surface area contributed by atoms with Gasteiger partial charge >= 0.3 is 5.97 Å². The van der Waals surface area contributed by atoms with Crippen molar-refractivity contribution < 1.29 is 144 Å². The summed E-state index contributed by atoms with van der Waals surface area (Å²) in [6.45, 7) is 2.06. The van der Waals surface area contributed by atoms with Crippen molar-refractivity contribution in [2.24, 2.45) is 0 Å². The fraction of sp³-hybridized carbons (Fsp3) is 0.972. The lowest BCUT2D eigenvalue weighted by molar-refractivity contribution is -0.407. The van der Waals surface area contributed by atoms with Crippen LogP contribution >= 0.6 is 0 Å². The van der Waals surface area contributed by atoms with Crippen molar-refractivity contribution in [3.05, 3.63) is 0 Å². The smallest absolute Gasteiger partial charge is 0.335 e. The van der Waals surface area contributed by atoms with Gasteiger partial charge in [0, 0.05) is 0 Å². The number of carboxylic acid groups (broad SMARTS) is 1. The second-order valence-electron chi connectivity index (χ2n) is 16.8. The lowest BCUT2D eigenvalue weighted by atomic mass is 9.95. The summed E-state index contributed by atoms with van der Waals surface area (Å²) in [5.74, 6) is -1.74. The van der Waals surface area contributed by atoms with Gasteiger partial charge in [-0.15, -0.1) is 0 Å². The fourth-order valence-corrected chi connectivity index (χ4v) is 8.19. The van der Waals surface area contributed by atoms with Crippen LogP contribution in [0.2, 0.25) is 0 Å². The van der Waals surface area contributed by atoms with E-state index in [0.29, 0.717) is 0 Å². The zero-order chi connectivity index (χ0) is 48.1. The van der Waals surface area contributed by atoms with Gasteiger partial charge in [0.05, 0.1) is 31.5 Å². The van der Waals surface area contributed by atoms with Crippen LogP contribution in [0, 0.1) is 0 Å². The normalized spacial score (nSPS) is 54.6. The summed E-state index contributed by atoms with van der Waals surface area (Å²) in [5, 5.41) is 180. The lowest BCUT2D eigenvalue weighted by Crippen LogP contribution is -2.68. The molecule has 0 aromatic rings. The van der Waals surface area contributed by atoms with Crippen LogP contribution in [0.5, 0.6) is 0 Å². The monoisotopic (exact) mass is 956 g/mol. The van der Waals surface area contributed by atoms with E-state index in [2.05, 4.69) is 0 Å². The lowest BCUT2D eigenvalue weighted by Gasteiger charge is -2.50. The number of aliphatic carboxylic acids is 1. The topological polar surface area (TPSA) is 463 Å². The first kappa shape index (κ1) is 52.8. The Morgan fingerprint density at radius 2 is 0.846 bits per heavy atom. The number of aliphatic hydroxyl groups is 16. The molecule has 6 saturated heterocycles. The fourth-order valence-electron chi connectivity index (χ4n) is 8.19. The minimum absolute atomic E-state index is 0.911. The summed E-state index contributed by atoms with van der Waals surface area (Å²) in [7, 11) is 0. The Hall–Kier alpha value is -1.61. The Labute approximate surface area is 367 Å². The predicted molar refractivity (Wildman–Crippen MR) is 195 cm³/mol. The third kappa shape index (κ3) is 10.8. The number of hydrogen-bond acceptors (Lipinski definition) is 28. The molecule has 17 N–H and O–H groups in total. The molecule has 0 aliphatic carbocycles. The maximum atomic E-state index is 11.6. The molecule has 6 aliphatic rings. The van der Waals surface area contributed by atoms with Crippen molar-refractivity contribution in [2.45, 2.75) is 205 Å². The third-order valence-electron chi connectivity index (χ3n) is 12.3. The van der Waals surface area contributed by atoms with Crippen LogP contribution in [0.15, 0.2) is 0 Å². The summed E-state index contributed by atoms with van der Waals surface area (Å²) in [6.07, 6.45) is -56.0. The van der Waals surface area contributed by atoms with Crippen LogP contribution < -0.4 is 0 Å². The van der Waals surface area contributed by atoms with Crippen molar-refractivity contribution in [1.82, 2.24) is 0 Å². The van der Waals surface area contributed by atoms with Gasteiger partial charge in [0.2, 0.25) is 0 Å². The molecule has 378 valence electrons. The number of ether oxygens (including phenoxy) is 11. The first-order valence-electron chi connectivity index (χ1n) is 20.7. The van der Waals surface area contributed by atoms with Crippen molar-refractivity contribution in [2.75, 3.05) is 13.2 Å². The van der Waals surface area contributed by atoms with E-state index < -0.39 is 203 Å². The van der Waals surface area contributed by atoms with Gasteiger partial charge in [0.25, 0.3) is 0 Å². The first-order chi connectivity index (χ1) is 30.5. The van der Waals surface area contributed by atoms with E-state index in [1.165, 1.54) is 20.8 Å². The molecule has 6 heterocycles. The third-order valence-corrected chi connectivity index (χ3v) is 12.3. The molecule has 0 saturated carbocycles. The van der Waals surface area contributed by atoms with E-state index in [9.17, 15) is 91.6 Å². The summed E-state index contributed by atoms with van der Waals surface area (Å²) in [5.41, 5.74) is 0. The second-order valence-corrected chi connectivity index (χ2v) is 16.8. The largest absolute Gasteiger partial charge is 0.479 e. The van der Waals surface area contributed by atoms with E-state index in [-0.39, 0.29) is 0 Å². The number of carbonyl (C=O) groups is 1. The van der Waals surface area contributed by atoms with Gasteiger partial charge in [-0.3, -0.25) is 0 Å². The highest BCUT2D eigenvalue weighted by atomic mass is 16.8. The maximum absolute atomic E-state index is 11.6. The van der Waals surface area contributed by atoms with E-state index >= 15 is 0 Å². The van der Waals surface area contributed by atoms with Crippen molar-refractivity contribution in [3.8, 4) is 0 Å². The molecule has 0 aromatic carbocycles. The van der Waals surface area contributed by atoms with E-state index in [1.54, 1.807) is 0 Å². The van der Waals surface area contributed by atoms with Crippen LogP contribution in [-0.2, 0) is 56.9 Å². The van der Waals surface area contributed by atoms with Gasteiger partial charge < -0.3 is 139 Å². The summed E-state index contributed by atoms with van der Waals surface area (Å²) in [4.78, 5) is 11.6. The van der Waals surface area contributed by atoms with E-state index in [4.69, 9.17) is 52.1 Å². The average molecular weight is 957 g/mol. The molecule has 6 rings (SSSR count). The zero-order valence-corrected chi connectivity index (χ0v) is 34.7. The number of carboxylic acids is 1. The Morgan fingerprint density at radius 1 is 0.400 bits per heavy atom. The molecular weight excluding hydrogens is 896 g/mol. The standard InChI is InChI=1S/C36H60O29/c1-6-11(38)15(42)21(48)33(57-6)61-25-9(4-37)59-35(23(50)19(25)46)63-27-13(40)8(3)58-36(62-26-12(39)7(2)56-31(54)24(26)51)29(27)65-34-22(49)16(43)14(41)10(60-34)5-55-32-20(47)17(44)18(45)28(64-32)30(52)53/h6-29,31-51,54H,4-5H2,1-3H3,(H,52,53)/t6-,7-,8-,9+,10+,11-,12-,13-,14+,15+,16-,17-,18-,19+,20+,21+,22+,23+,24+,25+,26+,27+,28-,29+,31+,32-,33+,34+,35-,36-/m0/s1. The molecule has 29 heteroatoms. The molecule has 6 aliphatic heterocycles. The Kier molecular flexibility index (Phi) is 17.5. The highest BCUT2D eigenvalue weighted by molar-refractivity contribution is 5.73. The Bertz CT molecular complexity index is 1520. The molecule has 0 aromatic heterocycles. The minimum atomic E-state index is -2.21. The van der Waals surface area contributed by atoms with Gasteiger partial charge in [-0.1, -0.05) is 0 Å². The van der Waals surface area contributed by atoms with Gasteiger partial charge in [-0.05, 0) is 20.8 Å². The van der Waals surface area contributed by atoms with Crippen molar-refractivity contribution in [3.63, 3.8) is 0 Å². The first-order valence-corrected chi connectivity index (χ1v) is 20.7. The number of rotatable bonds is 13. The van der Waals surface area contributed by atoms with Gasteiger partial charge in [0.1, 0.15) is 122 Å². The molecular formula is C36H60O29. The average Bonchev–Trinajstić information content (AvgIpc) is 3.26.